The van der Waals surface area contributed by atoms with Gasteiger partial charge in [-0.1, -0.05) is 67.8 Å². The van der Waals surface area contributed by atoms with Gasteiger partial charge in [-0.15, -0.1) is 11.8 Å². The van der Waals surface area contributed by atoms with Gasteiger partial charge in [0.1, 0.15) is 6.54 Å². The molecule has 0 amide bonds. The number of rotatable bonds is 8. The highest BCUT2D eigenvalue weighted by molar-refractivity contribution is 7.99. The third-order valence-electron chi connectivity index (χ3n) is 9.22. The zero-order valence-electron chi connectivity index (χ0n) is 21.2. The number of aromatic nitrogens is 1. The first-order valence-corrected chi connectivity index (χ1v) is 14.9. The number of quaternary nitrogens is 1. The summed E-state index contributed by atoms with van der Waals surface area (Å²) in [6.07, 6.45) is 10.2. The summed E-state index contributed by atoms with van der Waals surface area (Å²) in [7, 11) is 0. The first kappa shape index (κ1) is 24.3. The molecule has 2 aromatic carbocycles. The summed E-state index contributed by atoms with van der Waals surface area (Å²) < 4.78 is 7.60. The highest BCUT2D eigenvalue weighted by Gasteiger charge is 2.48. The molecule has 4 fully saturated rings. The van der Waals surface area contributed by atoms with Gasteiger partial charge in [0.2, 0.25) is 5.89 Å². The smallest absolute Gasteiger partial charge is 0.231 e. The molecule has 4 nitrogen and oxygen atoms in total. The lowest BCUT2D eigenvalue weighted by Crippen LogP contribution is -2.61. The van der Waals surface area contributed by atoms with Gasteiger partial charge in [0.15, 0.2) is 11.4 Å². The van der Waals surface area contributed by atoms with E-state index in [4.69, 9.17) is 9.40 Å². The number of benzene rings is 2. The summed E-state index contributed by atoms with van der Waals surface area (Å²) in [6, 6.07) is 20.9. The number of nitrogens with zero attached hydrogens (tertiary/aromatic N) is 2. The third kappa shape index (κ3) is 4.78. The highest BCUT2D eigenvalue weighted by atomic mass is 32.2. The largest absolute Gasteiger partial charge is 0.436 e. The second-order valence-corrected chi connectivity index (χ2v) is 12.5. The molecule has 4 heterocycles. The Morgan fingerprint density at radius 1 is 0.917 bits per heavy atom. The van der Waals surface area contributed by atoms with Gasteiger partial charge in [0.25, 0.3) is 0 Å². The van der Waals surface area contributed by atoms with E-state index in [0.29, 0.717) is 5.89 Å². The number of thioether (sulfide) groups is 1. The van der Waals surface area contributed by atoms with Crippen molar-refractivity contribution in [3.05, 3.63) is 84.1 Å². The molecule has 3 aliphatic heterocycles. The van der Waals surface area contributed by atoms with Crippen LogP contribution >= 0.6 is 11.8 Å². The van der Waals surface area contributed by atoms with Crippen molar-refractivity contribution in [1.29, 1.82) is 0 Å². The van der Waals surface area contributed by atoms with Crippen LogP contribution in [0.15, 0.2) is 76.2 Å². The molecule has 4 aliphatic rings. The molecule has 36 heavy (non-hydrogen) atoms. The molecule has 2 atom stereocenters. The van der Waals surface area contributed by atoms with Crippen LogP contribution in [0.2, 0.25) is 0 Å². The van der Waals surface area contributed by atoms with E-state index >= 15 is 0 Å². The van der Waals surface area contributed by atoms with E-state index in [9.17, 15) is 5.11 Å². The quantitative estimate of drug-likeness (QED) is 0.276. The standard InChI is InChI=1S/C31H39N2O2S/c34-31(26-10-4-1-5-11-26,27-12-6-2-7-13-27)30-32-20-28(35-30)22-33-18-16-24(17-19-33)25(21-33)23-36-29-14-8-3-9-15-29/h1,3-5,8-11,14-15,20,24-25,27,34H,2,6-7,12-13,16-19,21-23H2/q+1/t24?,25-,31-,33?/m0/s1. The van der Waals surface area contributed by atoms with Gasteiger partial charge >= 0.3 is 0 Å². The van der Waals surface area contributed by atoms with Crippen LogP contribution in [0, 0.1) is 17.8 Å². The van der Waals surface area contributed by atoms with Gasteiger partial charge in [-0.25, -0.2) is 4.98 Å². The van der Waals surface area contributed by atoms with Crippen molar-refractivity contribution in [2.75, 3.05) is 25.4 Å². The Balaban J connectivity index is 1.20. The van der Waals surface area contributed by atoms with Crippen molar-refractivity contribution in [1.82, 2.24) is 4.98 Å². The molecule has 0 spiro atoms. The second-order valence-electron chi connectivity index (χ2n) is 11.5. The first-order valence-electron chi connectivity index (χ1n) is 13.9. The lowest BCUT2D eigenvalue weighted by atomic mass is 9.73. The van der Waals surface area contributed by atoms with E-state index in [0.717, 1.165) is 59.9 Å². The zero-order valence-corrected chi connectivity index (χ0v) is 22.0. The summed E-state index contributed by atoms with van der Waals surface area (Å²) in [5.41, 5.74) is -0.238. The fraction of sp³-hybridized carbons (Fsp3) is 0.516. The Labute approximate surface area is 219 Å². The predicted molar refractivity (Wildman–Crippen MR) is 144 cm³/mol. The number of fused-ring (bicyclic) bond motifs is 3. The minimum Gasteiger partial charge on any atom is -0.436 e. The zero-order chi connectivity index (χ0) is 24.4. The number of hydrogen-bond acceptors (Lipinski definition) is 4. The Hall–Kier alpha value is -2.08. The van der Waals surface area contributed by atoms with E-state index in [-0.39, 0.29) is 5.92 Å². The number of piperidine rings is 3. The van der Waals surface area contributed by atoms with E-state index in [1.165, 1.54) is 49.5 Å². The maximum atomic E-state index is 12.2. The summed E-state index contributed by atoms with van der Waals surface area (Å²) in [5, 5.41) is 12.2. The van der Waals surface area contributed by atoms with Crippen molar-refractivity contribution in [2.24, 2.45) is 17.8 Å². The molecular formula is C31H39N2O2S+. The van der Waals surface area contributed by atoms with Gasteiger partial charge in [-0.05, 0) is 36.5 Å². The predicted octanol–water partition coefficient (Wildman–Crippen LogP) is 6.64. The van der Waals surface area contributed by atoms with Crippen LogP contribution in [0.25, 0.3) is 0 Å². The molecule has 0 unspecified atom stereocenters. The molecule has 1 saturated carbocycles. The average molecular weight is 504 g/mol. The number of hydrogen-bond donors (Lipinski definition) is 1. The van der Waals surface area contributed by atoms with Crippen molar-refractivity contribution >= 4 is 11.8 Å². The Bertz CT molecular complexity index is 1120. The molecule has 190 valence electrons. The monoisotopic (exact) mass is 503 g/mol. The van der Waals surface area contributed by atoms with Crippen molar-refractivity contribution in [3.8, 4) is 0 Å². The van der Waals surface area contributed by atoms with Crippen LogP contribution in [0.5, 0.6) is 0 Å². The fourth-order valence-corrected chi connectivity index (χ4v) is 8.33. The van der Waals surface area contributed by atoms with Crippen molar-refractivity contribution < 1.29 is 14.0 Å². The normalized spacial score (nSPS) is 28.1. The molecule has 1 aromatic heterocycles. The van der Waals surface area contributed by atoms with Crippen LogP contribution in [0.3, 0.4) is 0 Å². The molecule has 3 saturated heterocycles. The Morgan fingerprint density at radius 3 is 2.33 bits per heavy atom. The maximum Gasteiger partial charge on any atom is 0.231 e. The van der Waals surface area contributed by atoms with E-state index < -0.39 is 5.60 Å². The van der Waals surface area contributed by atoms with Crippen LogP contribution in [-0.4, -0.2) is 40.0 Å². The maximum absolute atomic E-state index is 12.2. The van der Waals surface area contributed by atoms with Gasteiger partial charge in [-0.2, -0.15) is 0 Å². The minimum atomic E-state index is -1.15. The lowest BCUT2D eigenvalue weighted by molar-refractivity contribution is -0.959. The summed E-state index contributed by atoms with van der Waals surface area (Å²) in [5.74, 6) is 4.40. The van der Waals surface area contributed by atoms with Gasteiger partial charge in [0, 0.05) is 35.3 Å². The molecule has 7 rings (SSSR count). The SMILES string of the molecule is O[C@](c1ccccc1)(c1ncc(C[N+]23CCC(CC2)[C@H](CSc2ccccc2)C3)o1)C1CCCCC1. The molecule has 2 bridgehead atoms. The van der Waals surface area contributed by atoms with Crippen molar-refractivity contribution in [3.63, 3.8) is 0 Å². The topological polar surface area (TPSA) is 46.3 Å². The molecular weight excluding hydrogens is 464 g/mol. The Kier molecular flexibility index (Phi) is 6.98. The van der Waals surface area contributed by atoms with E-state index in [1.807, 2.05) is 48.3 Å². The average Bonchev–Trinajstić information content (AvgIpc) is 3.42. The summed E-state index contributed by atoms with van der Waals surface area (Å²) in [6.45, 7) is 4.59. The van der Waals surface area contributed by atoms with Gasteiger partial charge < -0.3 is 14.0 Å². The molecule has 1 N–H and O–H groups in total. The van der Waals surface area contributed by atoms with Gasteiger partial charge in [0.05, 0.1) is 25.8 Å². The minimum absolute atomic E-state index is 0.150. The van der Waals surface area contributed by atoms with Crippen LogP contribution in [-0.2, 0) is 12.1 Å². The van der Waals surface area contributed by atoms with E-state index in [1.54, 1.807) is 0 Å². The highest BCUT2D eigenvalue weighted by Crippen LogP contribution is 2.45. The van der Waals surface area contributed by atoms with Crippen LogP contribution in [0.4, 0.5) is 0 Å². The molecule has 5 heteroatoms. The van der Waals surface area contributed by atoms with E-state index in [2.05, 4.69) is 30.3 Å². The fourth-order valence-electron chi connectivity index (χ4n) is 7.20. The Morgan fingerprint density at radius 2 is 1.61 bits per heavy atom. The summed E-state index contributed by atoms with van der Waals surface area (Å²) >= 11 is 2.01. The van der Waals surface area contributed by atoms with Crippen LogP contribution in [0.1, 0.15) is 62.2 Å². The number of aliphatic hydroxyl groups is 1. The first-order chi connectivity index (χ1) is 17.6. The van der Waals surface area contributed by atoms with Crippen molar-refractivity contribution in [2.45, 2.75) is 62.0 Å². The van der Waals surface area contributed by atoms with Gasteiger partial charge in [-0.3, -0.25) is 0 Å². The molecule has 3 aromatic rings. The van der Waals surface area contributed by atoms with Crippen LogP contribution < -0.4 is 0 Å². The molecule has 1 aliphatic carbocycles. The molecule has 0 radical (unpaired) electrons. The number of oxazole rings is 1. The third-order valence-corrected chi connectivity index (χ3v) is 10.4. The second kappa shape index (κ2) is 10.4. The lowest BCUT2D eigenvalue weighted by Gasteiger charge is -2.52. The summed E-state index contributed by atoms with van der Waals surface area (Å²) in [4.78, 5) is 6.13.